The lowest BCUT2D eigenvalue weighted by Crippen LogP contribution is -2.31. The first-order valence-corrected chi connectivity index (χ1v) is 8.32. The Hall–Kier alpha value is -1.11. The van der Waals surface area contributed by atoms with E-state index in [9.17, 15) is 8.42 Å². The quantitative estimate of drug-likeness (QED) is 0.893. The zero-order valence-electron chi connectivity index (χ0n) is 12.0. The average molecular weight is 298 g/mol. The van der Waals surface area contributed by atoms with E-state index in [2.05, 4.69) is 13.8 Å². The van der Waals surface area contributed by atoms with Crippen LogP contribution in [0.3, 0.4) is 0 Å². The van der Waals surface area contributed by atoms with Crippen LogP contribution in [0.5, 0.6) is 5.75 Å². The Morgan fingerprint density at radius 1 is 1.35 bits per heavy atom. The highest BCUT2D eigenvalue weighted by atomic mass is 32.2. The van der Waals surface area contributed by atoms with Crippen molar-refractivity contribution in [1.82, 2.24) is 4.31 Å². The summed E-state index contributed by atoms with van der Waals surface area (Å²) in [6.45, 7) is 5.64. The third-order valence-corrected chi connectivity index (χ3v) is 5.11. The Bertz CT molecular complexity index is 540. The fourth-order valence-electron chi connectivity index (χ4n) is 2.09. The number of ether oxygens (including phenoxy) is 1. The third-order valence-electron chi connectivity index (χ3n) is 3.23. The molecule has 0 aliphatic carbocycles. The van der Waals surface area contributed by atoms with Gasteiger partial charge in [0.1, 0.15) is 5.75 Å². The maximum absolute atomic E-state index is 12.4. The second-order valence-electron chi connectivity index (χ2n) is 5.59. The highest BCUT2D eigenvalue weighted by Gasteiger charge is 2.30. The van der Waals surface area contributed by atoms with Gasteiger partial charge in [0.25, 0.3) is 0 Å². The minimum Gasteiger partial charge on any atom is -0.493 e. The van der Waals surface area contributed by atoms with Crippen LogP contribution in [-0.2, 0) is 10.0 Å². The van der Waals surface area contributed by atoms with Gasteiger partial charge in [-0.2, -0.15) is 4.31 Å². The van der Waals surface area contributed by atoms with Gasteiger partial charge in [-0.15, -0.1) is 0 Å². The minimum absolute atomic E-state index is 0.0570. The van der Waals surface area contributed by atoms with Crippen molar-refractivity contribution in [2.24, 2.45) is 11.7 Å². The summed E-state index contributed by atoms with van der Waals surface area (Å²) in [5, 5.41) is 0. The number of sulfonamides is 1. The van der Waals surface area contributed by atoms with Crippen LogP contribution < -0.4 is 10.5 Å². The molecule has 1 atom stereocenters. The lowest BCUT2D eigenvalue weighted by Gasteiger charge is -2.16. The molecule has 1 fully saturated rings. The first-order chi connectivity index (χ1) is 9.39. The van der Waals surface area contributed by atoms with Gasteiger partial charge < -0.3 is 10.5 Å². The molecule has 1 heterocycles. The van der Waals surface area contributed by atoms with E-state index < -0.39 is 10.0 Å². The molecule has 1 saturated heterocycles. The molecule has 0 saturated carbocycles. The first kappa shape index (κ1) is 15.3. The Morgan fingerprint density at radius 3 is 2.50 bits per heavy atom. The summed E-state index contributed by atoms with van der Waals surface area (Å²) < 4.78 is 31.8. The number of hydrogen-bond donors (Lipinski definition) is 1. The summed E-state index contributed by atoms with van der Waals surface area (Å²) in [7, 11) is -3.42. The summed E-state index contributed by atoms with van der Waals surface area (Å²) in [5.74, 6) is 1.13. The molecular weight excluding hydrogens is 276 g/mol. The maximum Gasteiger partial charge on any atom is 0.243 e. The molecule has 0 radical (unpaired) electrons. The molecule has 20 heavy (non-hydrogen) atoms. The number of nitrogens with two attached hydrogens (primary N) is 1. The third kappa shape index (κ3) is 3.50. The van der Waals surface area contributed by atoms with Crippen LogP contribution >= 0.6 is 0 Å². The molecule has 1 aromatic rings. The van der Waals surface area contributed by atoms with Gasteiger partial charge in [-0.1, -0.05) is 13.8 Å². The van der Waals surface area contributed by atoms with E-state index >= 15 is 0 Å². The SMILES string of the molecule is CC(C)COc1ccc(S(=O)(=O)N2CCC(N)C2)cc1. The van der Waals surface area contributed by atoms with Crippen LogP contribution in [0.25, 0.3) is 0 Å². The van der Waals surface area contributed by atoms with Gasteiger partial charge in [-0.25, -0.2) is 8.42 Å². The maximum atomic E-state index is 12.4. The van der Waals surface area contributed by atoms with Gasteiger partial charge in [0.05, 0.1) is 11.5 Å². The van der Waals surface area contributed by atoms with Crippen molar-refractivity contribution in [2.45, 2.75) is 31.2 Å². The second-order valence-corrected chi connectivity index (χ2v) is 7.53. The minimum atomic E-state index is -3.42. The van der Waals surface area contributed by atoms with Crippen molar-refractivity contribution >= 4 is 10.0 Å². The molecule has 1 aromatic carbocycles. The number of benzene rings is 1. The Labute approximate surface area is 120 Å². The van der Waals surface area contributed by atoms with Crippen molar-refractivity contribution < 1.29 is 13.2 Å². The lowest BCUT2D eigenvalue weighted by molar-refractivity contribution is 0.271. The monoisotopic (exact) mass is 298 g/mol. The van der Waals surface area contributed by atoms with Crippen LogP contribution in [-0.4, -0.2) is 38.5 Å². The fourth-order valence-corrected chi connectivity index (χ4v) is 3.60. The first-order valence-electron chi connectivity index (χ1n) is 6.88. The summed E-state index contributed by atoms with van der Waals surface area (Å²) in [6, 6.07) is 6.53. The fraction of sp³-hybridized carbons (Fsp3) is 0.571. The van der Waals surface area contributed by atoms with Crippen LogP contribution in [0, 0.1) is 5.92 Å². The van der Waals surface area contributed by atoms with Crippen molar-refractivity contribution in [3.05, 3.63) is 24.3 Å². The molecule has 0 aromatic heterocycles. The molecule has 1 aliphatic heterocycles. The molecule has 1 aliphatic rings. The standard InChI is InChI=1S/C14H22N2O3S/c1-11(2)10-19-13-3-5-14(6-4-13)20(17,18)16-8-7-12(15)9-16/h3-6,11-12H,7-10,15H2,1-2H3. The number of rotatable bonds is 5. The highest BCUT2D eigenvalue weighted by molar-refractivity contribution is 7.89. The van der Waals surface area contributed by atoms with E-state index in [1.807, 2.05) is 0 Å². The largest absolute Gasteiger partial charge is 0.493 e. The van der Waals surface area contributed by atoms with E-state index in [1.165, 1.54) is 4.31 Å². The van der Waals surface area contributed by atoms with Crippen LogP contribution in [0.15, 0.2) is 29.2 Å². The Morgan fingerprint density at radius 2 is 2.00 bits per heavy atom. The summed E-state index contributed by atoms with van der Waals surface area (Å²) >= 11 is 0. The van der Waals surface area contributed by atoms with E-state index in [1.54, 1.807) is 24.3 Å². The van der Waals surface area contributed by atoms with Gasteiger partial charge in [0.2, 0.25) is 10.0 Å². The van der Waals surface area contributed by atoms with E-state index in [0.29, 0.717) is 36.3 Å². The smallest absolute Gasteiger partial charge is 0.243 e. The van der Waals surface area contributed by atoms with Crippen molar-refractivity contribution in [3.63, 3.8) is 0 Å². The second kappa shape index (κ2) is 6.11. The molecule has 0 amide bonds. The Balaban J connectivity index is 2.09. The Kier molecular flexibility index (Phi) is 4.67. The normalized spacial score (nSPS) is 20.5. The predicted molar refractivity (Wildman–Crippen MR) is 78.1 cm³/mol. The average Bonchev–Trinajstić information content (AvgIpc) is 2.84. The summed E-state index contributed by atoms with van der Waals surface area (Å²) in [6.07, 6.45) is 0.717. The van der Waals surface area contributed by atoms with Crippen LogP contribution in [0.1, 0.15) is 20.3 Å². The summed E-state index contributed by atoms with van der Waals surface area (Å²) in [4.78, 5) is 0.295. The van der Waals surface area contributed by atoms with Crippen molar-refractivity contribution in [1.29, 1.82) is 0 Å². The van der Waals surface area contributed by atoms with Gasteiger partial charge in [0, 0.05) is 19.1 Å². The van der Waals surface area contributed by atoms with E-state index in [4.69, 9.17) is 10.5 Å². The predicted octanol–water partition coefficient (Wildman–Crippen LogP) is 1.44. The lowest BCUT2D eigenvalue weighted by atomic mass is 10.2. The number of hydrogen-bond acceptors (Lipinski definition) is 4. The molecule has 6 heteroatoms. The molecule has 0 spiro atoms. The molecule has 2 N–H and O–H groups in total. The number of nitrogens with zero attached hydrogens (tertiary/aromatic N) is 1. The zero-order chi connectivity index (χ0) is 14.8. The van der Waals surface area contributed by atoms with Crippen LogP contribution in [0.4, 0.5) is 0 Å². The molecule has 1 unspecified atom stereocenters. The van der Waals surface area contributed by atoms with E-state index in [0.717, 1.165) is 6.42 Å². The van der Waals surface area contributed by atoms with Crippen molar-refractivity contribution in [3.8, 4) is 5.75 Å². The van der Waals surface area contributed by atoms with Gasteiger partial charge in [-0.3, -0.25) is 0 Å². The molecular formula is C14H22N2O3S. The van der Waals surface area contributed by atoms with Crippen LogP contribution in [0.2, 0.25) is 0 Å². The molecule has 0 bridgehead atoms. The topological polar surface area (TPSA) is 72.6 Å². The van der Waals surface area contributed by atoms with E-state index in [-0.39, 0.29) is 6.04 Å². The molecule has 112 valence electrons. The van der Waals surface area contributed by atoms with Gasteiger partial charge >= 0.3 is 0 Å². The van der Waals surface area contributed by atoms with Gasteiger partial charge in [0.15, 0.2) is 0 Å². The van der Waals surface area contributed by atoms with Crippen molar-refractivity contribution in [2.75, 3.05) is 19.7 Å². The zero-order valence-corrected chi connectivity index (χ0v) is 12.8. The molecule has 5 nitrogen and oxygen atoms in total. The summed E-state index contributed by atoms with van der Waals surface area (Å²) in [5.41, 5.74) is 5.77. The molecule has 2 rings (SSSR count). The highest BCUT2D eigenvalue weighted by Crippen LogP contribution is 2.22. The van der Waals surface area contributed by atoms with Gasteiger partial charge in [-0.05, 0) is 36.6 Å².